The molecule has 236 valence electrons. The summed E-state index contributed by atoms with van der Waals surface area (Å²) in [5.41, 5.74) is 1.01. The lowest BCUT2D eigenvalue weighted by Gasteiger charge is -2.35. The summed E-state index contributed by atoms with van der Waals surface area (Å²) in [6.07, 6.45) is 0.190. The molecule has 4 aromatic carbocycles. The van der Waals surface area contributed by atoms with Gasteiger partial charge < -0.3 is 10.2 Å². The number of halogens is 3. The van der Waals surface area contributed by atoms with Gasteiger partial charge in [0.05, 0.1) is 15.6 Å². The molecule has 45 heavy (non-hydrogen) atoms. The van der Waals surface area contributed by atoms with Crippen LogP contribution >= 0.6 is 34.8 Å². The zero-order chi connectivity index (χ0) is 32.8. The Morgan fingerprint density at radius 3 is 1.93 bits per heavy atom. The Hall–Kier alpha value is -3.56. The second-order valence-corrected chi connectivity index (χ2v) is 14.7. The number of hydrogen-bond acceptors (Lipinski definition) is 4. The minimum Gasteiger partial charge on any atom is -0.350 e. The lowest BCUT2D eigenvalue weighted by atomic mass is 10.0. The number of carbonyl (C=O) groups is 2. The predicted octanol–water partition coefficient (Wildman–Crippen LogP) is 7.40. The average molecular weight is 687 g/mol. The van der Waals surface area contributed by atoms with E-state index in [-0.39, 0.29) is 34.5 Å². The number of carbonyl (C=O) groups excluding carboxylic acids is 2. The van der Waals surface area contributed by atoms with Gasteiger partial charge in [0.2, 0.25) is 11.8 Å². The van der Waals surface area contributed by atoms with E-state index in [2.05, 4.69) is 5.32 Å². The molecular formula is C34H34Cl3N3O4S. The van der Waals surface area contributed by atoms with Crippen LogP contribution in [0.2, 0.25) is 15.1 Å². The summed E-state index contributed by atoms with van der Waals surface area (Å²) in [6.45, 7) is 4.94. The van der Waals surface area contributed by atoms with Gasteiger partial charge in [-0.2, -0.15) is 0 Å². The minimum absolute atomic E-state index is 0.0125. The Morgan fingerprint density at radius 2 is 1.36 bits per heavy atom. The monoisotopic (exact) mass is 685 g/mol. The Morgan fingerprint density at radius 1 is 0.778 bits per heavy atom. The van der Waals surface area contributed by atoms with Crippen LogP contribution in [0.15, 0.2) is 108 Å². The van der Waals surface area contributed by atoms with Crippen molar-refractivity contribution >= 4 is 62.3 Å². The van der Waals surface area contributed by atoms with Gasteiger partial charge in [-0.15, -0.1) is 0 Å². The smallest absolute Gasteiger partial charge is 0.264 e. The minimum atomic E-state index is -4.29. The first-order valence-corrected chi connectivity index (χ1v) is 16.7. The maximum absolute atomic E-state index is 14.5. The van der Waals surface area contributed by atoms with Crippen molar-refractivity contribution in [1.82, 2.24) is 10.2 Å². The molecule has 2 amide bonds. The molecule has 1 atom stereocenters. The van der Waals surface area contributed by atoms with Crippen molar-refractivity contribution in [2.24, 2.45) is 0 Å². The maximum Gasteiger partial charge on any atom is 0.264 e. The van der Waals surface area contributed by atoms with Gasteiger partial charge >= 0.3 is 0 Å². The molecule has 0 unspecified atom stereocenters. The highest BCUT2D eigenvalue weighted by molar-refractivity contribution is 7.92. The fourth-order valence-corrected chi connectivity index (χ4v) is 6.85. The summed E-state index contributed by atoms with van der Waals surface area (Å²) < 4.78 is 29.1. The first-order chi connectivity index (χ1) is 21.2. The van der Waals surface area contributed by atoms with E-state index in [1.54, 1.807) is 42.5 Å². The maximum atomic E-state index is 14.5. The van der Waals surface area contributed by atoms with Crippen molar-refractivity contribution in [3.63, 3.8) is 0 Å². The van der Waals surface area contributed by atoms with E-state index in [1.807, 2.05) is 51.1 Å². The van der Waals surface area contributed by atoms with Crippen molar-refractivity contribution in [3.05, 3.63) is 129 Å². The molecule has 0 aliphatic heterocycles. The van der Waals surface area contributed by atoms with Crippen molar-refractivity contribution in [2.45, 2.75) is 50.2 Å². The molecule has 7 nitrogen and oxygen atoms in total. The Labute approximate surface area is 279 Å². The first-order valence-electron chi connectivity index (χ1n) is 14.2. The van der Waals surface area contributed by atoms with E-state index >= 15 is 0 Å². The SMILES string of the molecule is CC(C)(C)NC(=O)[C@H](Cc1ccccc1)N(Cc1ccc(Cl)cc1)C(=O)CN(c1ccc(Cl)cc1Cl)S(=O)(=O)c1ccccc1. The number of anilines is 1. The highest BCUT2D eigenvalue weighted by Crippen LogP contribution is 2.33. The van der Waals surface area contributed by atoms with Crippen LogP contribution in [0.1, 0.15) is 31.9 Å². The molecule has 11 heteroatoms. The average Bonchev–Trinajstić information content (AvgIpc) is 2.99. The summed E-state index contributed by atoms with van der Waals surface area (Å²) >= 11 is 18.8. The van der Waals surface area contributed by atoms with Crippen LogP contribution in [0.4, 0.5) is 5.69 Å². The van der Waals surface area contributed by atoms with E-state index in [4.69, 9.17) is 34.8 Å². The van der Waals surface area contributed by atoms with Crippen LogP contribution in [0, 0.1) is 0 Å². The molecule has 0 aliphatic rings. The Kier molecular flexibility index (Phi) is 11.2. The first kappa shape index (κ1) is 34.3. The molecule has 0 bridgehead atoms. The fraction of sp³-hybridized carbons (Fsp3) is 0.235. The van der Waals surface area contributed by atoms with Crippen molar-refractivity contribution in [2.75, 3.05) is 10.8 Å². The molecule has 0 aromatic heterocycles. The van der Waals surface area contributed by atoms with E-state index in [1.165, 1.54) is 35.2 Å². The van der Waals surface area contributed by atoms with Crippen molar-refractivity contribution in [1.29, 1.82) is 0 Å². The molecular weight excluding hydrogens is 653 g/mol. The molecule has 0 fully saturated rings. The van der Waals surface area contributed by atoms with Gasteiger partial charge in [-0.25, -0.2) is 8.42 Å². The summed E-state index contributed by atoms with van der Waals surface area (Å²) in [7, 11) is -4.29. The van der Waals surface area contributed by atoms with Crippen LogP contribution in [0.3, 0.4) is 0 Å². The lowest BCUT2D eigenvalue weighted by Crippen LogP contribution is -2.56. The zero-order valence-electron chi connectivity index (χ0n) is 25.1. The van der Waals surface area contributed by atoms with Gasteiger partial charge in [0.25, 0.3) is 10.0 Å². The normalized spacial score (nSPS) is 12.3. The summed E-state index contributed by atoms with van der Waals surface area (Å²) in [5, 5.41) is 3.87. The van der Waals surface area contributed by atoms with Crippen LogP contribution < -0.4 is 9.62 Å². The highest BCUT2D eigenvalue weighted by atomic mass is 35.5. The number of benzene rings is 4. The van der Waals surface area contributed by atoms with Crippen molar-refractivity contribution in [3.8, 4) is 0 Å². The Balaban J connectivity index is 1.83. The molecule has 0 spiro atoms. The molecule has 0 saturated carbocycles. The number of nitrogens with zero attached hydrogens (tertiary/aromatic N) is 2. The largest absolute Gasteiger partial charge is 0.350 e. The molecule has 0 heterocycles. The third-order valence-corrected chi connectivity index (χ3v) is 9.39. The van der Waals surface area contributed by atoms with Crippen molar-refractivity contribution < 1.29 is 18.0 Å². The molecule has 0 aliphatic carbocycles. The van der Waals surface area contributed by atoms with E-state index < -0.39 is 34.1 Å². The van der Waals surface area contributed by atoms with E-state index in [9.17, 15) is 18.0 Å². The van der Waals surface area contributed by atoms with E-state index in [0.29, 0.717) is 15.6 Å². The molecule has 4 aromatic rings. The number of nitrogens with one attached hydrogen (secondary N) is 1. The molecule has 4 rings (SSSR count). The second-order valence-electron chi connectivity index (χ2n) is 11.5. The van der Waals surface area contributed by atoms with Gasteiger partial charge in [-0.3, -0.25) is 13.9 Å². The third kappa shape index (κ3) is 9.23. The number of amides is 2. The van der Waals surface area contributed by atoms with Gasteiger partial charge in [0.1, 0.15) is 12.6 Å². The van der Waals surface area contributed by atoms with Gasteiger partial charge in [0, 0.05) is 28.5 Å². The predicted molar refractivity (Wildman–Crippen MR) is 181 cm³/mol. The van der Waals surface area contributed by atoms with Crippen LogP contribution in [0.25, 0.3) is 0 Å². The Bertz CT molecular complexity index is 1730. The van der Waals surface area contributed by atoms with Gasteiger partial charge in [0.15, 0.2) is 0 Å². The molecule has 1 N–H and O–H groups in total. The molecule has 0 saturated heterocycles. The summed E-state index contributed by atoms with van der Waals surface area (Å²) in [6, 6.07) is 27.4. The summed E-state index contributed by atoms with van der Waals surface area (Å²) in [4.78, 5) is 29.8. The molecule has 0 radical (unpaired) electrons. The lowest BCUT2D eigenvalue weighted by molar-refractivity contribution is -0.140. The van der Waals surface area contributed by atoms with Gasteiger partial charge in [-0.05, 0) is 74.4 Å². The van der Waals surface area contributed by atoms with Crippen LogP contribution in [-0.4, -0.2) is 43.3 Å². The highest BCUT2D eigenvalue weighted by Gasteiger charge is 2.36. The van der Waals surface area contributed by atoms with Crippen LogP contribution in [0.5, 0.6) is 0 Å². The topological polar surface area (TPSA) is 86.8 Å². The summed E-state index contributed by atoms with van der Waals surface area (Å²) in [5.74, 6) is -0.990. The van der Waals surface area contributed by atoms with E-state index in [0.717, 1.165) is 9.87 Å². The second kappa shape index (κ2) is 14.7. The quantitative estimate of drug-likeness (QED) is 0.178. The third-order valence-electron chi connectivity index (χ3n) is 6.82. The fourth-order valence-electron chi connectivity index (χ4n) is 4.71. The number of rotatable bonds is 11. The zero-order valence-corrected chi connectivity index (χ0v) is 28.2. The number of sulfonamides is 1. The number of hydrogen-bond donors (Lipinski definition) is 1. The van der Waals surface area contributed by atoms with Gasteiger partial charge in [-0.1, -0.05) is 95.5 Å². The standard InChI is InChI=1S/C34H34Cl3N3O4S/c1-34(2,3)38-33(42)31(20-24-10-6-4-7-11-24)39(22-25-14-16-26(35)17-15-25)32(41)23-40(30-19-18-27(36)21-29(30)37)45(43,44)28-12-8-5-9-13-28/h4-19,21,31H,20,22-23H2,1-3H3,(H,38,42)/t31-/m0/s1. The van der Waals surface area contributed by atoms with Crippen LogP contribution in [-0.2, 0) is 32.6 Å².